The molecule has 0 aliphatic carbocycles. The van der Waals surface area contributed by atoms with Crippen molar-refractivity contribution in [3.8, 4) is 5.75 Å². The maximum atomic E-state index is 14.4. The number of rotatable bonds is 16. The van der Waals surface area contributed by atoms with Gasteiger partial charge in [-0.1, -0.05) is 32.0 Å². The Balaban J connectivity index is 3.63. The van der Waals surface area contributed by atoms with E-state index in [1.165, 1.54) is 16.7 Å². The quantitative estimate of drug-likeness (QED) is 0.220. The topological polar surface area (TPSA) is 134 Å². The number of hydrogen-bond acceptors (Lipinski definition) is 8. The summed E-state index contributed by atoms with van der Waals surface area (Å²) >= 11 is 1.53. The number of hydrogen-bond donors (Lipinski definition) is 3. The molecule has 3 unspecified atom stereocenters. The van der Waals surface area contributed by atoms with Crippen molar-refractivity contribution in [1.29, 1.82) is 0 Å². The first-order valence-corrected chi connectivity index (χ1v) is 16.0. The number of phenols is 1. The minimum atomic E-state index is -1.22. The van der Waals surface area contributed by atoms with Gasteiger partial charge in [0.05, 0.1) is 13.0 Å². The molecule has 0 radical (unpaired) electrons. The highest BCUT2D eigenvalue weighted by molar-refractivity contribution is 7.98. The van der Waals surface area contributed by atoms with E-state index in [-0.39, 0.29) is 30.9 Å². The molecule has 3 amide bonds. The lowest BCUT2D eigenvalue weighted by atomic mass is 9.95. The Morgan fingerprint density at radius 3 is 2.31 bits per heavy atom. The highest BCUT2D eigenvalue weighted by atomic mass is 32.2. The van der Waals surface area contributed by atoms with Gasteiger partial charge in [0.15, 0.2) is 0 Å². The first kappa shape index (κ1) is 37.1. The molecule has 0 aliphatic heterocycles. The number of aryl methyl sites for hydroxylation is 1. The summed E-state index contributed by atoms with van der Waals surface area (Å²) in [4.78, 5) is 54.5. The van der Waals surface area contributed by atoms with Gasteiger partial charge in [0, 0.05) is 18.2 Å². The number of phenolic OH excluding ortho intramolecular Hbond substituents is 1. The lowest BCUT2D eigenvalue weighted by molar-refractivity contribution is -0.146. The number of aromatic hydroxyl groups is 1. The summed E-state index contributed by atoms with van der Waals surface area (Å²) in [5.74, 6) is -0.640. The van der Waals surface area contributed by atoms with Crippen molar-refractivity contribution in [2.24, 2.45) is 5.92 Å². The Morgan fingerprint density at radius 2 is 1.74 bits per heavy atom. The molecule has 0 aliphatic rings. The molecular weight excluding hydrogens is 558 g/mol. The van der Waals surface area contributed by atoms with Crippen LogP contribution in [0.5, 0.6) is 5.75 Å². The van der Waals surface area contributed by atoms with E-state index in [4.69, 9.17) is 9.47 Å². The number of thioether (sulfide) groups is 1. The van der Waals surface area contributed by atoms with E-state index in [1.807, 2.05) is 13.2 Å². The van der Waals surface area contributed by atoms with Crippen molar-refractivity contribution in [3.63, 3.8) is 0 Å². The molecule has 0 bridgehead atoms. The Bertz CT molecular complexity index is 1040. The summed E-state index contributed by atoms with van der Waals surface area (Å²) in [6.45, 7) is 14.9. The van der Waals surface area contributed by atoms with Crippen molar-refractivity contribution < 1.29 is 33.8 Å². The maximum absolute atomic E-state index is 14.4. The van der Waals surface area contributed by atoms with E-state index in [0.29, 0.717) is 30.1 Å². The standard InChI is InChI=1S/C31H51N3O7S/c1-10-40-25(35)16-18-32-28(37)26(23-13-11-12-21(4)27(23)36)34(22(5)15-14-20(2)3)29(38)24(17-19-42-9)33-30(39)41-31(6,7)8/h11-13,20,22,24,26,36H,10,14-19H2,1-9H3,(H,32,37)(H,33,39). The zero-order valence-electron chi connectivity index (χ0n) is 26.7. The van der Waals surface area contributed by atoms with Crippen LogP contribution in [0.15, 0.2) is 18.2 Å². The van der Waals surface area contributed by atoms with Gasteiger partial charge in [0.25, 0.3) is 0 Å². The van der Waals surface area contributed by atoms with Crippen LogP contribution in [0.1, 0.15) is 91.3 Å². The average molecular weight is 610 g/mol. The van der Waals surface area contributed by atoms with Crippen LogP contribution in [0.3, 0.4) is 0 Å². The monoisotopic (exact) mass is 609 g/mol. The molecule has 0 heterocycles. The Morgan fingerprint density at radius 1 is 1.07 bits per heavy atom. The summed E-state index contributed by atoms with van der Waals surface area (Å²) < 4.78 is 10.4. The molecule has 3 N–H and O–H groups in total. The lowest BCUT2D eigenvalue weighted by Crippen LogP contribution is -2.55. The van der Waals surface area contributed by atoms with Crippen LogP contribution in [0.2, 0.25) is 0 Å². The van der Waals surface area contributed by atoms with Gasteiger partial charge in [-0.15, -0.1) is 0 Å². The van der Waals surface area contributed by atoms with Crippen molar-refractivity contribution in [2.75, 3.05) is 25.2 Å². The molecule has 10 nitrogen and oxygen atoms in total. The fourth-order valence-corrected chi connectivity index (χ4v) is 4.84. The number of carbonyl (C=O) groups excluding carboxylic acids is 4. The Kier molecular flexibility index (Phi) is 15.8. The van der Waals surface area contributed by atoms with Crippen molar-refractivity contribution in [3.05, 3.63) is 29.3 Å². The first-order chi connectivity index (χ1) is 19.6. The molecule has 3 atom stereocenters. The molecule has 238 valence electrons. The van der Waals surface area contributed by atoms with Crippen LogP contribution in [0.25, 0.3) is 0 Å². The minimum Gasteiger partial charge on any atom is -0.507 e. The van der Waals surface area contributed by atoms with E-state index in [9.17, 15) is 24.3 Å². The maximum Gasteiger partial charge on any atom is 0.408 e. The van der Waals surface area contributed by atoms with E-state index in [1.54, 1.807) is 52.8 Å². The van der Waals surface area contributed by atoms with E-state index in [0.717, 1.165) is 6.42 Å². The summed E-state index contributed by atoms with van der Waals surface area (Å²) in [5, 5.41) is 16.6. The molecule has 1 rings (SSSR count). The molecule has 0 saturated carbocycles. The van der Waals surface area contributed by atoms with Gasteiger partial charge in [-0.25, -0.2) is 4.79 Å². The molecular formula is C31H51N3O7S. The second kappa shape index (κ2) is 17.9. The zero-order chi connectivity index (χ0) is 32.0. The third kappa shape index (κ3) is 12.5. The molecule has 0 spiro atoms. The number of nitrogens with one attached hydrogen (secondary N) is 2. The molecule has 0 fully saturated rings. The highest BCUT2D eigenvalue weighted by Crippen LogP contribution is 2.34. The second-order valence-electron chi connectivity index (χ2n) is 11.8. The predicted molar refractivity (Wildman–Crippen MR) is 166 cm³/mol. The van der Waals surface area contributed by atoms with Gasteiger partial charge < -0.3 is 30.1 Å². The van der Waals surface area contributed by atoms with Crippen molar-refractivity contribution in [2.45, 2.75) is 105 Å². The summed E-state index contributed by atoms with van der Waals surface area (Å²) in [7, 11) is 0. The number of amides is 3. The number of ether oxygens (including phenoxy) is 2. The van der Waals surface area contributed by atoms with Gasteiger partial charge in [0.1, 0.15) is 23.4 Å². The molecule has 42 heavy (non-hydrogen) atoms. The summed E-state index contributed by atoms with van der Waals surface area (Å²) in [5.41, 5.74) is 0.0370. The van der Waals surface area contributed by atoms with Crippen molar-refractivity contribution >= 4 is 35.6 Å². The summed E-state index contributed by atoms with van der Waals surface area (Å²) in [6, 6.07) is 2.42. The van der Waals surface area contributed by atoms with Crippen LogP contribution in [0, 0.1) is 12.8 Å². The van der Waals surface area contributed by atoms with Gasteiger partial charge in [-0.05, 0) is 84.3 Å². The average Bonchev–Trinajstić information content (AvgIpc) is 2.88. The molecule has 1 aromatic carbocycles. The number of carbonyl (C=O) groups is 4. The van der Waals surface area contributed by atoms with E-state index < -0.39 is 47.6 Å². The Hall–Kier alpha value is -2.95. The van der Waals surface area contributed by atoms with E-state index in [2.05, 4.69) is 24.5 Å². The SMILES string of the molecule is CCOC(=O)CCNC(=O)C(c1cccc(C)c1O)N(C(=O)C(CCSC)NC(=O)OC(C)(C)C)C(C)CCC(C)C. The molecule has 0 saturated heterocycles. The van der Waals surface area contributed by atoms with Crippen LogP contribution in [-0.2, 0) is 23.9 Å². The third-order valence-electron chi connectivity index (χ3n) is 6.51. The minimum absolute atomic E-state index is 0.00475. The van der Waals surface area contributed by atoms with Gasteiger partial charge in [-0.2, -0.15) is 11.8 Å². The third-order valence-corrected chi connectivity index (χ3v) is 7.16. The number of nitrogens with zero attached hydrogens (tertiary/aromatic N) is 1. The fraction of sp³-hybridized carbons (Fsp3) is 0.677. The number of benzene rings is 1. The number of alkyl carbamates (subject to hydrolysis) is 1. The highest BCUT2D eigenvalue weighted by Gasteiger charge is 2.40. The fourth-order valence-electron chi connectivity index (χ4n) is 4.37. The largest absolute Gasteiger partial charge is 0.507 e. The smallest absolute Gasteiger partial charge is 0.408 e. The van der Waals surface area contributed by atoms with Crippen molar-refractivity contribution in [1.82, 2.24) is 15.5 Å². The molecule has 1 aromatic rings. The van der Waals surface area contributed by atoms with Crippen LogP contribution < -0.4 is 10.6 Å². The van der Waals surface area contributed by atoms with Gasteiger partial charge in [-0.3, -0.25) is 14.4 Å². The van der Waals surface area contributed by atoms with E-state index >= 15 is 0 Å². The molecule has 0 aromatic heterocycles. The van der Waals surface area contributed by atoms with Gasteiger partial charge in [0.2, 0.25) is 11.8 Å². The van der Waals surface area contributed by atoms with Gasteiger partial charge >= 0.3 is 12.1 Å². The molecule has 11 heteroatoms. The Labute approximate surface area is 255 Å². The lowest BCUT2D eigenvalue weighted by Gasteiger charge is -2.39. The van der Waals surface area contributed by atoms with Crippen LogP contribution >= 0.6 is 11.8 Å². The normalized spacial score (nSPS) is 13.6. The zero-order valence-corrected chi connectivity index (χ0v) is 27.6. The second-order valence-corrected chi connectivity index (χ2v) is 12.8. The summed E-state index contributed by atoms with van der Waals surface area (Å²) in [6.07, 6.45) is 2.82. The number of esters is 1. The van der Waals surface area contributed by atoms with Crippen LogP contribution in [-0.4, -0.2) is 76.7 Å². The predicted octanol–water partition coefficient (Wildman–Crippen LogP) is 5.11. The first-order valence-electron chi connectivity index (χ1n) is 14.6. The number of para-hydroxylation sites is 1. The van der Waals surface area contributed by atoms with Crippen LogP contribution in [0.4, 0.5) is 4.79 Å².